The molecular formula is C15H15N5O3S. The molecule has 0 spiro atoms. The van der Waals surface area contributed by atoms with Crippen LogP contribution in [0.5, 0.6) is 0 Å². The van der Waals surface area contributed by atoms with E-state index in [1.54, 1.807) is 28.9 Å². The predicted octanol–water partition coefficient (Wildman–Crippen LogP) is 0.757. The lowest BCUT2D eigenvalue weighted by molar-refractivity contribution is 0.0567. The monoisotopic (exact) mass is 345 g/mol. The van der Waals surface area contributed by atoms with E-state index in [0.717, 1.165) is 17.7 Å². The second-order valence-corrected chi connectivity index (χ2v) is 6.86. The summed E-state index contributed by atoms with van der Waals surface area (Å²) in [6.07, 6.45) is 1.29. The van der Waals surface area contributed by atoms with E-state index in [1.807, 2.05) is 0 Å². The zero-order chi connectivity index (χ0) is 16.7. The van der Waals surface area contributed by atoms with E-state index in [-0.39, 0.29) is 18.4 Å². The largest absolute Gasteiger partial charge is 0.390 e. The van der Waals surface area contributed by atoms with E-state index in [0.29, 0.717) is 28.1 Å². The van der Waals surface area contributed by atoms with Crippen LogP contribution in [-0.2, 0) is 0 Å². The first-order chi connectivity index (χ1) is 11.6. The van der Waals surface area contributed by atoms with Crippen molar-refractivity contribution in [2.45, 2.75) is 30.1 Å². The molecule has 1 aromatic carbocycles. The summed E-state index contributed by atoms with van der Waals surface area (Å²) in [5.41, 5.74) is 0.778. The first-order valence-corrected chi connectivity index (χ1v) is 8.67. The molecule has 124 valence electrons. The number of thioether (sulfide) groups is 1. The lowest BCUT2D eigenvalue weighted by Crippen LogP contribution is -2.37. The van der Waals surface area contributed by atoms with Crippen LogP contribution in [0.2, 0.25) is 0 Å². The lowest BCUT2D eigenvalue weighted by atomic mass is 10.1. The Morgan fingerprint density at radius 3 is 2.50 bits per heavy atom. The van der Waals surface area contributed by atoms with Gasteiger partial charge in [-0.15, -0.1) is 5.10 Å². The number of benzene rings is 1. The van der Waals surface area contributed by atoms with Crippen molar-refractivity contribution in [2.24, 2.45) is 0 Å². The number of rotatable bonds is 6. The Balaban J connectivity index is 1.38. The van der Waals surface area contributed by atoms with Gasteiger partial charge in [-0.2, -0.15) is 0 Å². The zero-order valence-corrected chi connectivity index (χ0v) is 13.5. The minimum Gasteiger partial charge on any atom is -0.390 e. The summed E-state index contributed by atoms with van der Waals surface area (Å²) in [6, 6.07) is 7.05. The zero-order valence-electron chi connectivity index (χ0n) is 12.7. The van der Waals surface area contributed by atoms with Crippen molar-refractivity contribution in [1.29, 1.82) is 0 Å². The third-order valence-corrected chi connectivity index (χ3v) is 5.11. The number of carbonyl (C=O) groups excluding carboxylic acids is 2. The fourth-order valence-electron chi connectivity index (χ4n) is 2.67. The van der Waals surface area contributed by atoms with E-state index in [1.165, 1.54) is 11.8 Å². The first-order valence-electron chi connectivity index (χ1n) is 7.69. The van der Waals surface area contributed by atoms with Crippen molar-refractivity contribution < 1.29 is 14.7 Å². The lowest BCUT2D eigenvalue weighted by Gasteiger charge is -2.18. The quantitative estimate of drug-likeness (QED) is 0.609. The fraction of sp³-hybridized carbons (Fsp3) is 0.400. The number of nitrogens with zero attached hydrogens (tertiary/aromatic N) is 5. The summed E-state index contributed by atoms with van der Waals surface area (Å²) in [7, 11) is 0. The third-order valence-electron chi connectivity index (χ3n) is 4.03. The molecule has 2 amide bonds. The van der Waals surface area contributed by atoms with Crippen LogP contribution in [0.4, 0.5) is 0 Å². The van der Waals surface area contributed by atoms with Crippen LogP contribution in [0.1, 0.15) is 39.6 Å². The molecule has 0 saturated heterocycles. The Hall–Kier alpha value is -2.26. The van der Waals surface area contributed by atoms with Crippen LogP contribution in [-0.4, -0.2) is 60.4 Å². The van der Waals surface area contributed by atoms with Gasteiger partial charge in [0.15, 0.2) is 0 Å². The number of carbonyl (C=O) groups is 2. The summed E-state index contributed by atoms with van der Waals surface area (Å²) < 4.78 is 1.76. The number of fused-ring (bicyclic) bond motifs is 1. The standard InChI is InChI=1S/C15H15N5O3S/c21-10(8-24-15-16-17-18-20(15)9-5-6-9)7-19-13(22)11-3-1-2-4-12(11)14(19)23/h1-4,9-10,21H,5-8H2. The average molecular weight is 345 g/mol. The molecule has 4 rings (SSSR count). The topological polar surface area (TPSA) is 101 Å². The molecule has 1 aliphatic heterocycles. The molecule has 1 aromatic heterocycles. The number of aliphatic hydroxyl groups is 1. The third kappa shape index (κ3) is 2.69. The molecule has 1 unspecified atom stereocenters. The molecule has 1 fully saturated rings. The highest BCUT2D eigenvalue weighted by atomic mass is 32.2. The maximum absolute atomic E-state index is 12.3. The minimum absolute atomic E-state index is 0.0374. The Labute approximate surface area is 141 Å². The molecule has 1 saturated carbocycles. The summed E-state index contributed by atoms with van der Waals surface area (Å²) >= 11 is 1.33. The summed E-state index contributed by atoms with van der Waals surface area (Å²) in [5.74, 6) is -0.412. The number of β-amino-alcohol motifs (C(OH)–C–C–N with tert-alkyl or cyclic N) is 1. The fourth-order valence-corrected chi connectivity index (χ4v) is 3.53. The van der Waals surface area contributed by atoms with Crippen molar-refractivity contribution in [3.63, 3.8) is 0 Å². The number of amides is 2. The van der Waals surface area contributed by atoms with Gasteiger partial charge >= 0.3 is 0 Å². The normalized spacial score (nSPS) is 18.1. The van der Waals surface area contributed by atoms with E-state index < -0.39 is 6.10 Å². The van der Waals surface area contributed by atoms with Crippen molar-refractivity contribution in [3.05, 3.63) is 35.4 Å². The number of aromatic nitrogens is 4. The van der Waals surface area contributed by atoms with Crippen LogP contribution in [0.3, 0.4) is 0 Å². The van der Waals surface area contributed by atoms with Gasteiger partial charge in [-0.1, -0.05) is 23.9 Å². The van der Waals surface area contributed by atoms with E-state index in [4.69, 9.17) is 0 Å². The van der Waals surface area contributed by atoms with Gasteiger partial charge in [0.1, 0.15) is 0 Å². The highest BCUT2D eigenvalue weighted by Gasteiger charge is 2.36. The molecular weight excluding hydrogens is 330 g/mol. The minimum atomic E-state index is -0.846. The summed E-state index contributed by atoms with van der Waals surface area (Å²) in [6.45, 7) is -0.0374. The van der Waals surface area contributed by atoms with Crippen LogP contribution in [0, 0.1) is 0 Å². The van der Waals surface area contributed by atoms with Crippen LogP contribution in [0.25, 0.3) is 0 Å². The van der Waals surface area contributed by atoms with Gasteiger partial charge in [0.2, 0.25) is 5.16 Å². The molecule has 2 heterocycles. The maximum atomic E-state index is 12.3. The number of hydrogen-bond donors (Lipinski definition) is 1. The SMILES string of the molecule is O=C1c2ccccc2C(=O)N1CC(O)CSc1nnnn1C1CC1. The van der Waals surface area contributed by atoms with E-state index >= 15 is 0 Å². The van der Waals surface area contributed by atoms with E-state index in [2.05, 4.69) is 15.5 Å². The van der Waals surface area contributed by atoms with Gasteiger partial charge in [0.25, 0.3) is 11.8 Å². The Kier molecular flexibility index (Phi) is 3.81. The molecule has 1 aliphatic carbocycles. The van der Waals surface area contributed by atoms with Gasteiger partial charge in [-0.3, -0.25) is 14.5 Å². The molecule has 1 atom stereocenters. The molecule has 2 aromatic rings. The van der Waals surface area contributed by atoms with Crippen molar-refractivity contribution in [3.8, 4) is 0 Å². The highest BCUT2D eigenvalue weighted by molar-refractivity contribution is 7.99. The molecule has 0 radical (unpaired) electrons. The number of imide groups is 1. The van der Waals surface area contributed by atoms with Crippen molar-refractivity contribution in [2.75, 3.05) is 12.3 Å². The first kappa shape index (κ1) is 15.3. The van der Waals surface area contributed by atoms with Crippen molar-refractivity contribution >= 4 is 23.6 Å². The van der Waals surface area contributed by atoms with Gasteiger partial charge < -0.3 is 5.11 Å². The second-order valence-electron chi connectivity index (χ2n) is 5.87. The van der Waals surface area contributed by atoms with Gasteiger partial charge in [0, 0.05) is 5.75 Å². The van der Waals surface area contributed by atoms with Crippen LogP contribution < -0.4 is 0 Å². The molecule has 8 nitrogen and oxygen atoms in total. The van der Waals surface area contributed by atoms with Crippen LogP contribution >= 0.6 is 11.8 Å². The Morgan fingerprint density at radius 2 is 1.88 bits per heavy atom. The molecule has 24 heavy (non-hydrogen) atoms. The predicted molar refractivity (Wildman–Crippen MR) is 84.6 cm³/mol. The van der Waals surface area contributed by atoms with Gasteiger partial charge in [-0.05, 0) is 35.4 Å². The summed E-state index contributed by atoms with van der Waals surface area (Å²) in [5, 5.41) is 22.4. The highest BCUT2D eigenvalue weighted by Crippen LogP contribution is 2.36. The maximum Gasteiger partial charge on any atom is 0.261 e. The second kappa shape index (κ2) is 5.99. The summed E-state index contributed by atoms with van der Waals surface area (Å²) in [4.78, 5) is 25.7. The molecule has 9 heteroatoms. The van der Waals surface area contributed by atoms with Gasteiger partial charge in [0.05, 0.1) is 29.8 Å². The Morgan fingerprint density at radius 1 is 1.21 bits per heavy atom. The number of aliphatic hydroxyl groups excluding tert-OH is 1. The van der Waals surface area contributed by atoms with Crippen molar-refractivity contribution in [1.82, 2.24) is 25.1 Å². The molecule has 1 N–H and O–H groups in total. The van der Waals surface area contributed by atoms with Gasteiger partial charge in [-0.25, -0.2) is 4.68 Å². The van der Waals surface area contributed by atoms with Crippen LogP contribution in [0.15, 0.2) is 29.4 Å². The number of hydrogen-bond acceptors (Lipinski definition) is 7. The molecule has 0 bridgehead atoms. The molecule has 2 aliphatic rings. The van der Waals surface area contributed by atoms with E-state index in [9.17, 15) is 14.7 Å². The number of tetrazole rings is 1. The Bertz CT molecular complexity index is 769. The smallest absolute Gasteiger partial charge is 0.261 e. The average Bonchev–Trinajstić information content (AvgIpc) is 3.29.